The van der Waals surface area contributed by atoms with Gasteiger partial charge in [0.15, 0.2) is 0 Å². The van der Waals surface area contributed by atoms with Crippen LogP contribution in [0.25, 0.3) is 0 Å². The molecule has 0 aliphatic carbocycles. The van der Waals surface area contributed by atoms with E-state index in [-0.39, 0.29) is 17.4 Å². The van der Waals surface area contributed by atoms with Crippen LogP contribution in [0.1, 0.15) is 52.9 Å². The van der Waals surface area contributed by atoms with Crippen LogP contribution in [-0.2, 0) is 14.4 Å². The minimum Gasteiger partial charge on any atom is -0.345 e. The lowest BCUT2D eigenvalue weighted by Gasteiger charge is -2.18. The molecule has 0 fully saturated rings. The van der Waals surface area contributed by atoms with Crippen molar-refractivity contribution in [3.8, 4) is 12.3 Å². The second-order valence-corrected chi connectivity index (χ2v) is 5.30. The first-order valence-electron chi connectivity index (χ1n) is 6.56. The summed E-state index contributed by atoms with van der Waals surface area (Å²) in [5.41, 5.74) is 2.06. The number of nitrogens with one attached hydrogen (secondary N) is 2. The van der Waals surface area contributed by atoms with Gasteiger partial charge in [-0.1, -0.05) is 12.8 Å². The Labute approximate surface area is 115 Å². The van der Waals surface area contributed by atoms with Crippen molar-refractivity contribution in [2.24, 2.45) is 0 Å². The van der Waals surface area contributed by atoms with Gasteiger partial charge in [-0.25, -0.2) is 5.48 Å². The van der Waals surface area contributed by atoms with Gasteiger partial charge in [-0.3, -0.25) is 14.4 Å². The summed E-state index contributed by atoms with van der Waals surface area (Å²) in [6.07, 6.45) is 8.93. The van der Waals surface area contributed by atoms with Gasteiger partial charge in [-0.05, 0) is 39.5 Å². The van der Waals surface area contributed by atoms with Crippen LogP contribution in [0.3, 0.4) is 0 Å². The summed E-state index contributed by atoms with van der Waals surface area (Å²) in [5.74, 6) is 1.51. The number of carbonyl (C=O) groups is 2. The maximum Gasteiger partial charge on any atom is 0.295 e. The van der Waals surface area contributed by atoms with E-state index < -0.39 is 0 Å². The van der Waals surface area contributed by atoms with Crippen LogP contribution in [-0.4, -0.2) is 24.0 Å². The van der Waals surface area contributed by atoms with Crippen LogP contribution >= 0.6 is 0 Å². The molecule has 19 heavy (non-hydrogen) atoms. The van der Waals surface area contributed by atoms with E-state index in [1.165, 1.54) is 0 Å². The zero-order valence-electron chi connectivity index (χ0n) is 12.0. The third kappa shape index (κ3) is 12.7. The van der Waals surface area contributed by atoms with Crippen LogP contribution in [0.2, 0.25) is 0 Å². The number of hydrogen-bond donors (Lipinski definition) is 2. The van der Waals surface area contributed by atoms with E-state index in [9.17, 15) is 9.59 Å². The van der Waals surface area contributed by atoms with Gasteiger partial charge < -0.3 is 5.32 Å². The molecule has 0 aromatic heterocycles. The average molecular weight is 268 g/mol. The highest BCUT2D eigenvalue weighted by Gasteiger charge is 2.12. The van der Waals surface area contributed by atoms with E-state index in [1.807, 2.05) is 26.7 Å². The first-order valence-corrected chi connectivity index (χ1v) is 6.56. The van der Waals surface area contributed by atoms with Crippen LogP contribution in [0.5, 0.6) is 0 Å². The number of unbranched alkanes of at least 4 members (excludes halogenated alkanes) is 3. The Morgan fingerprint density at radius 2 is 1.79 bits per heavy atom. The van der Waals surface area contributed by atoms with Crippen molar-refractivity contribution >= 4 is 11.8 Å². The Bertz CT molecular complexity index is 327. The molecule has 0 aromatic carbocycles. The molecule has 0 aliphatic rings. The summed E-state index contributed by atoms with van der Waals surface area (Å²) in [6, 6.07) is 0. The molecule has 2 N–H and O–H groups in total. The highest BCUT2D eigenvalue weighted by Crippen LogP contribution is 2.05. The SMILES string of the molecule is C#CC(=O)NCCCCCCC(=O)NOC(C)(C)C. The minimum absolute atomic E-state index is 0.101. The van der Waals surface area contributed by atoms with Crippen molar-refractivity contribution in [3.05, 3.63) is 0 Å². The molecule has 5 heteroatoms. The molecule has 0 aromatic rings. The highest BCUT2D eigenvalue weighted by atomic mass is 16.7. The molecule has 0 unspecified atom stereocenters. The molecule has 0 spiro atoms. The maximum absolute atomic E-state index is 11.4. The van der Waals surface area contributed by atoms with Gasteiger partial charge in [0.25, 0.3) is 5.91 Å². The van der Waals surface area contributed by atoms with Gasteiger partial charge in [0.05, 0.1) is 5.60 Å². The summed E-state index contributed by atoms with van der Waals surface area (Å²) in [4.78, 5) is 27.3. The zero-order valence-corrected chi connectivity index (χ0v) is 12.0. The molecule has 0 radical (unpaired) electrons. The van der Waals surface area contributed by atoms with Crippen molar-refractivity contribution in [3.63, 3.8) is 0 Å². The predicted molar refractivity (Wildman–Crippen MR) is 73.9 cm³/mol. The predicted octanol–water partition coefficient (Wildman–Crippen LogP) is 1.53. The second kappa shape index (κ2) is 9.40. The Morgan fingerprint density at radius 1 is 1.16 bits per heavy atom. The third-order valence-corrected chi connectivity index (χ3v) is 2.22. The molecule has 0 rings (SSSR count). The third-order valence-electron chi connectivity index (χ3n) is 2.22. The van der Waals surface area contributed by atoms with Crippen molar-refractivity contribution in [2.45, 2.75) is 58.5 Å². The molecular formula is C14H24N2O3. The molecule has 0 atom stereocenters. The Morgan fingerprint density at radius 3 is 2.37 bits per heavy atom. The summed E-state index contributed by atoms with van der Waals surface area (Å²) < 4.78 is 0. The van der Waals surface area contributed by atoms with Gasteiger partial charge in [-0.15, -0.1) is 6.42 Å². The Kier molecular flexibility index (Phi) is 8.64. The van der Waals surface area contributed by atoms with E-state index in [1.54, 1.807) is 0 Å². The lowest BCUT2D eigenvalue weighted by atomic mass is 10.1. The molecule has 0 saturated carbocycles. The molecule has 0 bridgehead atoms. The number of amides is 2. The van der Waals surface area contributed by atoms with Gasteiger partial charge in [0.2, 0.25) is 5.91 Å². The molecular weight excluding hydrogens is 244 g/mol. The van der Waals surface area contributed by atoms with Crippen molar-refractivity contribution in [1.82, 2.24) is 10.8 Å². The summed E-state index contributed by atoms with van der Waals surface area (Å²) >= 11 is 0. The first kappa shape index (κ1) is 17.5. The highest BCUT2D eigenvalue weighted by molar-refractivity contribution is 5.92. The zero-order chi connectivity index (χ0) is 14.7. The second-order valence-electron chi connectivity index (χ2n) is 5.30. The van der Waals surface area contributed by atoms with Crippen LogP contribution in [0.15, 0.2) is 0 Å². The topological polar surface area (TPSA) is 67.4 Å². The fourth-order valence-electron chi connectivity index (χ4n) is 1.28. The van der Waals surface area contributed by atoms with Crippen LogP contribution in [0.4, 0.5) is 0 Å². The summed E-state index contributed by atoms with van der Waals surface area (Å²) in [6.45, 7) is 6.20. The molecule has 108 valence electrons. The normalized spacial score (nSPS) is 10.6. The molecule has 5 nitrogen and oxygen atoms in total. The fraction of sp³-hybridized carbons (Fsp3) is 0.714. The number of hydrogen-bond acceptors (Lipinski definition) is 3. The fourth-order valence-corrected chi connectivity index (χ4v) is 1.28. The van der Waals surface area contributed by atoms with Crippen LogP contribution in [0, 0.1) is 12.3 Å². The number of hydroxylamine groups is 1. The number of rotatable bonds is 8. The lowest BCUT2D eigenvalue weighted by molar-refractivity contribution is -0.145. The van der Waals surface area contributed by atoms with Crippen molar-refractivity contribution < 1.29 is 14.4 Å². The van der Waals surface area contributed by atoms with Crippen molar-refractivity contribution in [2.75, 3.05) is 6.54 Å². The molecule has 2 amide bonds. The Balaban J connectivity index is 3.38. The van der Waals surface area contributed by atoms with E-state index in [0.29, 0.717) is 13.0 Å². The largest absolute Gasteiger partial charge is 0.345 e. The first-order chi connectivity index (χ1) is 8.85. The van der Waals surface area contributed by atoms with E-state index >= 15 is 0 Å². The summed E-state index contributed by atoms with van der Waals surface area (Å²) in [7, 11) is 0. The standard InChI is InChI=1S/C14H24N2O3/c1-5-12(17)15-11-9-7-6-8-10-13(18)16-19-14(2,3)4/h1H,6-11H2,2-4H3,(H,15,17)(H,16,18). The summed E-state index contributed by atoms with van der Waals surface area (Å²) in [5, 5.41) is 2.59. The van der Waals surface area contributed by atoms with Gasteiger partial charge in [0, 0.05) is 13.0 Å². The lowest BCUT2D eigenvalue weighted by Crippen LogP contribution is -2.33. The van der Waals surface area contributed by atoms with Gasteiger partial charge >= 0.3 is 0 Å². The molecule has 0 heterocycles. The van der Waals surface area contributed by atoms with Gasteiger partial charge in [-0.2, -0.15) is 0 Å². The number of terminal acetylenes is 1. The maximum atomic E-state index is 11.4. The minimum atomic E-state index is -0.376. The quantitative estimate of drug-likeness (QED) is 0.398. The Hall–Kier alpha value is -1.54. The van der Waals surface area contributed by atoms with Gasteiger partial charge in [0.1, 0.15) is 0 Å². The van der Waals surface area contributed by atoms with Crippen molar-refractivity contribution in [1.29, 1.82) is 0 Å². The van der Waals surface area contributed by atoms with E-state index in [4.69, 9.17) is 11.3 Å². The number of carbonyl (C=O) groups excluding carboxylic acids is 2. The van der Waals surface area contributed by atoms with E-state index in [2.05, 4.69) is 10.8 Å². The van der Waals surface area contributed by atoms with E-state index in [0.717, 1.165) is 25.7 Å². The smallest absolute Gasteiger partial charge is 0.295 e. The monoisotopic (exact) mass is 268 g/mol. The molecule has 0 saturated heterocycles. The average Bonchev–Trinajstić information content (AvgIpc) is 2.34. The van der Waals surface area contributed by atoms with Crippen LogP contribution < -0.4 is 10.8 Å². The molecule has 0 aliphatic heterocycles.